The topological polar surface area (TPSA) is 16.4 Å². The fourth-order valence-corrected chi connectivity index (χ4v) is 0.929. The van der Waals surface area contributed by atoms with E-state index in [1.54, 1.807) is 0 Å². The lowest BCUT2D eigenvalue weighted by molar-refractivity contribution is 0.341. The van der Waals surface area contributed by atoms with Crippen molar-refractivity contribution in [3.8, 4) is 0 Å². The lowest BCUT2D eigenvalue weighted by Gasteiger charge is -2.25. The molecule has 1 aliphatic carbocycles. The van der Waals surface area contributed by atoms with E-state index in [0.29, 0.717) is 12.1 Å². The van der Waals surface area contributed by atoms with Crippen molar-refractivity contribution < 1.29 is 0 Å². The van der Waals surface area contributed by atoms with Crippen molar-refractivity contribution in [3.63, 3.8) is 0 Å². The largest absolute Gasteiger partial charge is 0.316 e. The molecule has 0 saturated heterocycles. The molecule has 0 aromatic heterocycles. The fourth-order valence-electron chi connectivity index (χ4n) is 0.929. The van der Waals surface area contributed by atoms with Crippen LogP contribution in [0.3, 0.4) is 0 Å². The molecule has 2 nitrogen and oxygen atoms in total. The van der Waals surface area contributed by atoms with Gasteiger partial charge in [0.25, 0.3) is 0 Å². The van der Waals surface area contributed by atoms with Gasteiger partial charge in [-0.05, 0) is 7.05 Å². The Morgan fingerprint density at radius 3 is 2.62 bits per heavy atom. The van der Waals surface area contributed by atoms with Gasteiger partial charge >= 0.3 is 0 Å². The Morgan fingerprint density at radius 1 is 1.62 bits per heavy atom. The first-order valence-corrected chi connectivity index (χ1v) is 2.90. The zero-order valence-corrected chi connectivity index (χ0v) is 5.02. The average molecular weight is 110 g/mol. The van der Waals surface area contributed by atoms with Gasteiger partial charge in [0.15, 0.2) is 0 Å². The van der Waals surface area contributed by atoms with Crippen molar-refractivity contribution in [3.05, 3.63) is 11.4 Å². The van der Waals surface area contributed by atoms with Crippen molar-refractivity contribution in [2.45, 2.75) is 24.9 Å². The van der Waals surface area contributed by atoms with Crippen LogP contribution in [0.25, 0.3) is 4.85 Å². The lowest BCUT2D eigenvalue weighted by Crippen LogP contribution is -2.40. The van der Waals surface area contributed by atoms with E-state index in [2.05, 4.69) is 10.2 Å². The van der Waals surface area contributed by atoms with E-state index in [-0.39, 0.29) is 0 Å². The number of hydrogen-bond acceptors (Lipinski definition) is 1. The maximum Gasteiger partial charge on any atom is 0.226 e. The molecule has 1 N–H and O–H groups in total. The van der Waals surface area contributed by atoms with Crippen molar-refractivity contribution in [2.24, 2.45) is 0 Å². The Hall–Kier alpha value is -0.550. The van der Waals surface area contributed by atoms with Crippen molar-refractivity contribution in [1.82, 2.24) is 5.32 Å². The molecule has 0 aliphatic heterocycles. The number of hydrogen-bond donors (Lipinski definition) is 1. The Balaban J connectivity index is 2.14. The van der Waals surface area contributed by atoms with Gasteiger partial charge in [-0.2, -0.15) is 0 Å². The molecule has 0 amide bonds. The van der Waals surface area contributed by atoms with Crippen LogP contribution in [0, 0.1) is 6.57 Å². The Morgan fingerprint density at radius 2 is 2.25 bits per heavy atom. The van der Waals surface area contributed by atoms with E-state index in [9.17, 15) is 0 Å². The van der Waals surface area contributed by atoms with Gasteiger partial charge < -0.3 is 10.2 Å². The van der Waals surface area contributed by atoms with Crippen LogP contribution in [0.5, 0.6) is 0 Å². The highest BCUT2D eigenvalue weighted by Gasteiger charge is 2.32. The second-order valence-corrected chi connectivity index (χ2v) is 2.24. The molecule has 0 aromatic carbocycles. The van der Waals surface area contributed by atoms with Crippen LogP contribution in [0.1, 0.15) is 12.8 Å². The van der Waals surface area contributed by atoms with Gasteiger partial charge in [0.05, 0.1) is 0 Å². The molecular formula is C6H10N2. The molecule has 0 radical (unpaired) electrons. The molecule has 2 heteroatoms. The van der Waals surface area contributed by atoms with E-state index in [1.165, 1.54) is 0 Å². The van der Waals surface area contributed by atoms with Crippen molar-refractivity contribution in [2.75, 3.05) is 7.05 Å². The summed E-state index contributed by atoms with van der Waals surface area (Å²) >= 11 is 0. The molecule has 1 rings (SSSR count). The minimum absolute atomic E-state index is 0.326. The summed E-state index contributed by atoms with van der Waals surface area (Å²) in [5.41, 5.74) is 0. The Labute approximate surface area is 49.7 Å². The van der Waals surface area contributed by atoms with Crippen LogP contribution in [0.15, 0.2) is 0 Å². The third-order valence-corrected chi connectivity index (χ3v) is 1.70. The molecule has 1 fully saturated rings. The van der Waals surface area contributed by atoms with Gasteiger partial charge in [0.1, 0.15) is 0 Å². The Kier molecular flexibility index (Phi) is 1.50. The van der Waals surface area contributed by atoms with Crippen LogP contribution >= 0.6 is 0 Å². The standard InChI is InChI=1S/C6H10N2/c1-7-5-3-6(4-5)8-2/h5-7H,3-4H2,1H3. The van der Waals surface area contributed by atoms with E-state index in [4.69, 9.17) is 6.57 Å². The minimum Gasteiger partial charge on any atom is -0.316 e. The van der Waals surface area contributed by atoms with Gasteiger partial charge in [-0.3, -0.25) is 0 Å². The number of nitrogens with zero attached hydrogens (tertiary/aromatic N) is 1. The molecule has 0 unspecified atom stereocenters. The highest BCUT2D eigenvalue weighted by Crippen LogP contribution is 2.22. The van der Waals surface area contributed by atoms with Crippen LogP contribution in [-0.2, 0) is 0 Å². The van der Waals surface area contributed by atoms with Crippen LogP contribution in [-0.4, -0.2) is 19.1 Å². The Bertz CT molecular complexity index is 108. The molecule has 44 valence electrons. The lowest BCUT2D eigenvalue weighted by atomic mass is 9.88. The normalized spacial score (nSPS) is 35.5. The zero-order chi connectivity index (χ0) is 5.98. The third-order valence-electron chi connectivity index (χ3n) is 1.70. The summed E-state index contributed by atoms with van der Waals surface area (Å²) < 4.78 is 0. The number of rotatable bonds is 1. The highest BCUT2D eigenvalue weighted by molar-refractivity contribution is 4.95. The molecule has 1 aliphatic rings. The zero-order valence-electron chi connectivity index (χ0n) is 5.02. The van der Waals surface area contributed by atoms with Crippen LogP contribution in [0.4, 0.5) is 0 Å². The molecule has 1 saturated carbocycles. The fraction of sp³-hybridized carbons (Fsp3) is 0.833. The first-order valence-electron chi connectivity index (χ1n) is 2.90. The average Bonchev–Trinajstić information content (AvgIpc) is 1.65. The molecule has 0 atom stereocenters. The van der Waals surface area contributed by atoms with E-state index >= 15 is 0 Å². The van der Waals surface area contributed by atoms with Gasteiger partial charge in [0, 0.05) is 18.9 Å². The van der Waals surface area contributed by atoms with Crippen molar-refractivity contribution >= 4 is 0 Å². The van der Waals surface area contributed by atoms with E-state index in [1.807, 2.05) is 7.05 Å². The van der Waals surface area contributed by atoms with E-state index in [0.717, 1.165) is 12.8 Å². The first kappa shape index (κ1) is 5.58. The molecular weight excluding hydrogens is 100 g/mol. The number of nitrogens with one attached hydrogen (secondary N) is 1. The second-order valence-electron chi connectivity index (χ2n) is 2.24. The SMILES string of the molecule is [C-]#[N+]C1CC(NC)C1. The summed E-state index contributed by atoms with van der Waals surface area (Å²) in [5, 5.41) is 3.12. The summed E-state index contributed by atoms with van der Waals surface area (Å²) in [6.45, 7) is 6.62. The van der Waals surface area contributed by atoms with Gasteiger partial charge in [-0.1, -0.05) is 0 Å². The van der Waals surface area contributed by atoms with Crippen LogP contribution < -0.4 is 5.32 Å². The molecule has 8 heavy (non-hydrogen) atoms. The van der Waals surface area contributed by atoms with Crippen LogP contribution in [0.2, 0.25) is 0 Å². The summed E-state index contributed by atoms with van der Waals surface area (Å²) in [4.78, 5) is 3.40. The first-order chi connectivity index (χ1) is 3.86. The summed E-state index contributed by atoms with van der Waals surface area (Å²) in [7, 11) is 1.95. The van der Waals surface area contributed by atoms with Gasteiger partial charge in [-0.25, -0.2) is 6.57 Å². The maximum absolute atomic E-state index is 6.62. The highest BCUT2D eigenvalue weighted by atomic mass is 14.9. The molecule has 0 aromatic rings. The van der Waals surface area contributed by atoms with Crippen molar-refractivity contribution in [1.29, 1.82) is 0 Å². The maximum atomic E-state index is 6.62. The third kappa shape index (κ3) is 0.823. The summed E-state index contributed by atoms with van der Waals surface area (Å²) in [6.07, 6.45) is 2.11. The predicted molar refractivity (Wildman–Crippen MR) is 32.5 cm³/mol. The smallest absolute Gasteiger partial charge is 0.226 e. The van der Waals surface area contributed by atoms with Gasteiger partial charge in [-0.15, -0.1) is 0 Å². The molecule has 0 bridgehead atoms. The quantitative estimate of drug-likeness (QED) is 0.490. The predicted octanol–water partition coefficient (Wildman–Crippen LogP) is 0.656. The second kappa shape index (κ2) is 2.15. The molecule has 0 spiro atoms. The van der Waals surface area contributed by atoms with E-state index < -0.39 is 0 Å². The summed E-state index contributed by atoms with van der Waals surface area (Å²) in [6, 6.07) is 0.960. The molecule has 0 heterocycles. The minimum atomic E-state index is 0.326. The monoisotopic (exact) mass is 110 g/mol. The van der Waals surface area contributed by atoms with Gasteiger partial charge in [0.2, 0.25) is 6.04 Å². The summed E-state index contributed by atoms with van der Waals surface area (Å²) in [5.74, 6) is 0.